The van der Waals surface area contributed by atoms with Gasteiger partial charge in [-0.25, -0.2) is 4.99 Å². The van der Waals surface area contributed by atoms with Gasteiger partial charge in [-0.05, 0) is 18.6 Å². The van der Waals surface area contributed by atoms with E-state index in [-0.39, 0.29) is 0 Å². The summed E-state index contributed by atoms with van der Waals surface area (Å²) in [5.41, 5.74) is 0.924. The molecule has 0 amide bonds. The lowest BCUT2D eigenvalue weighted by Gasteiger charge is -2.03. The van der Waals surface area contributed by atoms with E-state index in [9.17, 15) is 0 Å². The number of nitrogens with zero attached hydrogens (tertiary/aromatic N) is 2. The fraction of sp³-hybridized carbons (Fsp3) is 0.720. The predicted octanol–water partition coefficient (Wildman–Crippen LogP) is 8.75. The van der Waals surface area contributed by atoms with Crippen LogP contribution in [-0.2, 0) is 0 Å². The Kier molecular flexibility index (Phi) is 17.0. The monoisotopic (exact) mass is 370 g/mol. The third-order valence-electron chi connectivity index (χ3n) is 5.13. The Bertz CT molecular complexity index is 474. The van der Waals surface area contributed by atoms with E-state index in [1.165, 1.54) is 96.3 Å². The second-order valence-corrected chi connectivity index (χ2v) is 7.73. The Morgan fingerprint density at radius 1 is 0.593 bits per heavy atom. The molecule has 0 aromatic heterocycles. The highest BCUT2D eigenvalue weighted by Crippen LogP contribution is 2.13. The van der Waals surface area contributed by atoms with Crippen molar-refractivity contribution in [2.24, 2.45) is 9.98 Å². The molecule has 0 heterocycles. The fourth-order valence-electron chi connectivity index (χ4n) is 3.38. The Hall–Kier alpha value is -1.40. The number of benzene rings is 1. The molecule has 0 spiro atoms. The summed E-state index contributed by atoms with van der Waals surface area (Å²) >= 11 is 0. The van der Waals surface area contributed by atoms with E-state index in [1.54, 1.807) is 0 Å². The quantitative estimate of drug-likeness (QED) is 0.182. The molecule has 2 nitrogen and oxygen atoms in total. The zero-order valence-electron chi connectivity index (χ0n) is 17.8. The van der Waals surface area contributed by atoms with Crippen LogP contribution in [-0.4, -0.2) is 12.6 Å². The molecule has 0 saturated carbocycles. The first-order valence-electron chi connectivity index (χ1n) is 11.6. The smallest absolute Gasteiger partial charge is 0.0948 e. The largest absolute Gasteiger partial charge is 0.225 e. The van der Waals surface area contributed by atoms with Gasteiger partial charge in [0.2, 0.25) is 0 Å². The molecule has 0 aliphatic carbocycles. The maximum atomic E-state index is 4.25. The molecular formula is C25H42N2. The van der Waals surface area contributed by atoms with Crippen molar-refractivity contribution in [2.45, 2.75) is 110 Å². The highest BCUT2D eigenvalue weighted by molar-refractivity contribution is 5.51. The number of rotatable bonds is 18. The molecule has 0 atom stereocenters. The van der Waals surface area contributed by atoms with Gasteiger partial charge >= 0.3 is 0 Å². The maximum Gasteiger partial charge on any atom is 0.0948 e. The summed E-state index contributed by atoms with van der Waals surface area (Å²) in [6.07, 6.45) is 22.4. The second kappa shape index (κ2) is 19.4. The van der Waals surface area contributed by atoms with Crippen LogP contribution >= 0.6 is 0 Å². The minimum Gasteiger partial charge on any atom is -0.225 e. The summed E-state index contributed by atoms with van der Waals surface area (Å²) < 4.78 is 0. The molecule has 27 heavy (non-hydrogen) atoms. The van der Waals surface area contributed by atoms with Gasteiger partial charge in [0.15, 0.2) is 0 Å². The van der Waals surface area contributed by atoms with Crippen molar-refractivity contribution in [3.05, 3.63) is 30.3 Å². The first kappa shape index (κ1) is 23.6. The molecule has 2 heteroatoms. The maximum absolute atomic E-state index is 4.25. The molecule has 0 unspecified atom stereocenters. The molecule has 152 valence electrons. The van der Waals surface area contributed by atoms with Crippen LogP contribution in [0.3, 0.4) is 0 Å². The van der Waals surface area contributed by atoms with Gasteiger partial charge in [0, 0.05) is 6.54 Å². The molecule has 1 aromatic carbocycles. The molecule has 0 N–H and O–H groups in total. The van der Waals surface area contributed by atoms with E-state index < -0.39 is 0 Å². The first-order chi connectivity index (χ1) is 13.4. The van der Waals surface area contributed by atoms with Crippen LogP contribution in [0.2, 0.25) is 0 Å². The third kappa shape index (κ3) is 16.5. The molecule has 0 fully saturated rings. The minimum absolute atomic E-state index is 0.856. The zero-order valence-corrected chi connectivity index (χ0v) is 17.8. The Morgan fingerprint density at radius 3 is 1.52 bits per heavy atom. The van der Waals surface area contributed by atoms with Gasteiger partial charge < -0.3 is 0 Å². The lowest BCUT2D eigenvalue weighted by Crippen LogP contribution is -1.84. The van der Waals surface area contributed by atoms with Crippen LogP contribution in [0.5, 0.6) is 0 Å². The topological polar surface area (TPSA) is 24.7 Å². The zero-order chi connectivity index (χ0) is 19.3. The summed E-state index contributed by atoms with van der Waals surface area (Å²) in [6.45, 7) is 3.15. The lowest BCUT2D eigenvalue weighted by atomic mass is 10.0. The van der Waals surface area contributed by atoms with Gasteiger partial charge in [-0.15, -0.1) is 0 Å². The molecule has 1 aromatic rings. The summed E-state index contributed by atoms with van der Waals surface area (Å²) in [7, 11) is 0. The van der Waals surface area contributed by atoms with Gasteiger partial charge in [-0.2, -0.15) is 4.99 Å². The number of aliphatic imine (C=N–C) groups is 2. The van der Waals surface area contributed by atoms with E-state index in [0.29, 0.717) is 0 Å². The van der Waals surface area contributed by atoms with Crippen LogP contribution in [0.4, 0.5) is 5.69 Å². The van der Waals surface area contributed by atoms with Gasteiger partial charge in [0.1, 0.15) is 0 Å². The van der Waals surface area contributed by atoms with Crippen molar-refractivity contribution < 1.29 is 0 Å². The van der Waals surface area contributed by atoms with E-state index >= 15 is 0 Å². The molecule has 0 aliphatic heterocycles. The fourth-order valence-corrected chi connectivity index (χ4v) is 3.38. The van der Waals surface area contributed by atoms with Crippen molar-refractivity contribution >= 4 is 11.7 Å². The number of hydrogen-bond acceptors (Lipinski definition) is 2. The van der Waals surface area contributed by atoms with Crippen LogP contribution in [0.15, 0.2) is 40.3 Å². The molecule has 0 saturated heterocycles. The van der Waals surface area contributed by atoms with Crippen LogP contribution < -0.4 is 0 Å². The van der Waals surface area contributed by atoms with E-state index in [1.807, 2.05) is 30.3 Å². The van der Waals surface area contributed by atoms with Crippen molar-refractivity contribution in [2.75, 3.05) is 6.54 Å². The lowest BCUT2D eigenvalue weighted by molar-refractivity contribution is 0.530. The first-order valence-corrected chi connectivity index (χ1v) is 11.6. The number of unbranched alkanes of at least 4 members (excludes halogenated alkanes) is 15. The average molecular weight is 371 g/mol. The Morgan fingerprint density at radius 2 is 1.04 bits per heavy atom. The van der Waals surface area contributed by atoms with E-state index in [0.717, 1.165) is 18.7 Å². The summed E-state index contributed by atoms with van der Waals surface area (Å²) in [4.78, 5) is 8.45. The highest BCUT2D eigenvalue weighted by atomic mass is 14.8. The van der Waals surface area contributed by atoms with Crippen molar-refractivity contribution in [3.63, 3.8) is 0 Å². The summed E-state index contributed by atoms with van der Waals surface area (Å²) in [6, 6.07) is 12.7. The number of para-hydroxylation sites is 1. The van der Waals surface area contributed by atoms with Gasteiger partial charge in [-0.1, -0.05) is 121 Å². The van der Waals surface area contributed by atoms with Crippen molar-refractivity contribution in [1.29, 1.82) is 0 Å². The minimum atomic E-state index is 0.856. The van der Waals surface area contributed by atoms with Gasteiger partial charge in [0.05, 0.1) is 11.7 Å². The Balaban J connectivity index is 1.76. The SMILES string of the molecule is CCCCCCCCCCCCCCCCCCN=C=Nc1ccccc1. The van der Waals surface area contributed by atoms with Crippen LogP contribution in [0.25, 0.3) is 0 Å². The molecule has 1 rings (SSSR count). The summed E-state index contributed by atoms with van der Waals surface area (Å²) in [5, 5.41) is 0. The molecule has 0 aliphatic rings. The molecule has 0 radical (unpaired) electrons. The van der Waals surface area contributed by atoms with Crippen LogP contribution in [0.1, 0.15) is 110 Å². The van der Waals surface area contributed by atoms with Gasteiger partial charge in [0.25, 0.3) is 0 Å². The van der Waals surface area contributed by atoms with Crippen molar-refractivity contribution in [3.8, 4) is 0 Å². The molecular weight excluding hydrogens is 328 g/mol. The van der Waals surface area contributed by atoms with E-state index in [4.69, 9.17) is 0 Å². The highest BCUT2D eigenvalue weighted by Gasteiger charge is 1.94. The third-order valence-corrected chi connectivity index (χ3v) is 5.13. The van der Waals surface area contributed by atoms with Crippen molar-refractivity contribution in [1.82, 2.24) is 0 Å². The number of hydrogen-bond donors (Lipinski definition) is 0. The Labute approximate surface area is 168 Å². The predicted molar refractivity (Wildman–Crippen MR) is 120 cm³/mol. The normalized spacial score (nSPS) is 10.6. The van der Waals surface area contributed by atoms with E-state index in [2.05, 4.69) is 22.9 Å². The van der Waals surface area contributed by atoms with Crippen LogP contribution in [0, 0.1) is 0 Å². The standard InChI is InChI=1S/C25H42N2/c1-2-3-4-5-6-7-8-9-10-11-12-13-14-15-16-20-23-26-24-27-25-21-18-17-19-22-25/h17-19,21-22H,2-16,20,23H2,1H3. The van der Waals surface area contributed by atoms with Gasteiger partial charge in [-0.3, -0.25) is 0 Å². The summed E-state index contributed by atoms with van der Waals surface area (Å²) in [5.74, 6) is 0. The molecule has 0 bridgehead atoms. The average Bonchev–Trinajstić information content (AvgIpc) is 2.70. The second-order valence-electron chi connectivity index (χ2n) is 7.73.